The van der Waals surface area contributed by atoms with Crippen LogP contribution in [0.5, 0.6) is 0 Å². The first kappa shape index (κ1) is 12.6. The molecule has 0 aromatic carbocycles. The van der Waals surface area contributed by atoms with Gasteiger partial charge in [0.2, 0.25) is 0 Å². The fourth-order valence-corrected chi connectivity index (χ4v) is 2.73. The van der Waals surface area contributed by atoms with Crippen molar-refractivity contribution in [3.8, 4) is 0 Å². The smallest absolute Gasteiger partial charge is 0.0925 e. The van der Waals surface area contributed by atoms with Crippen molar-refractivity contribution in [3.63, 3.8) is 0 Å². The summed E-state index contributed by atoms with van der Waals surface area (Å²) in [5.41, 5.74) is 2.24. The van der Waals surface area contributed by atoms with Gasteiger partial charge in [0.25, 0.3) is 0 Å². The lowest BCUT2D eigenvalue weighted by atomic mass is 9.79. The summed E-state index contributed by atoms with van der Waals surface area (Å²) in [6.07, 6.45) is 6.76. The number of aryl methyl sites for hydroxylation is 1. The van der Waals surface area contributed by atoms with E-state index in [1.165, 1.54) is 25.7 Å². The fourth-order valence-electron chi connectivity index (χ4n) is 2.73. The Morgan fingerprint density at radius 2 is 2.18 bits per heavy atom. The van der Waals surface area contributed by atoms with Gasteiger partial charge < -0.3 is 15.4 Å². The lowest BCUT2D eigenvalue weighted by molar-refractivity contribution is 0.133. The van der Waals surface area contributed by atoms with E-state index < -0.39 is 0 Å². The SMILES string of the molecule is Cc1[nH]cnc1CNCC1CCCCC1CO. The van der Waals surface area contributed by atoms with E-state index in [-0.39, 0.29) is 0 Å². The molecular weight excluding hydrogens is 214 g/mol. The van der Waals surface area contributed by atoms with Gasteiger partial charge in [-0.15, -0.1) is 0 Å². The summed E-state index contributed by atoms with van der Waals surface area (Å²) < 4.78 is 0. The third-order valence-corrected chi connectivity index (χ3v) is 3.93. The molecule has 0 amide bonds. The summed E-state index contributed by atoms with van der Waals surface area (Å²) >= 11 is 0. The minimum Gasteiger partial charge on any atom is -0.396 e. The molecule has 96 valence electrons. The number of aromatic amines is 1. The van der Waals surface area contributed by atoms with Crippen LogP contribution in [0.4, 0.5) is 0 Å². The molecule has 0 bridgehead atoms. The van der Waals surface area contributed by atoms with Crippen LogP contribution in [-0.4, -0.2) is 28.2 Å². The van der Waals surface area contributed by atoms with Crippen LogP contribution in [0.1, 0.15) is 37.1 Å². The van der Waals surface area contributed by atoms with Crippen molar-refractivity contribution in [1.82, 2.24) is 15.3 Å². The Bertz CT molecular complexity index is 337. The average Bonchev–Trinajstić information content (AvgIpc) is 2.76. The van der Waals surface area contributed by atoms with Crippen LogP contribution >= 0.6 is 0 Å². The molecule has 0 spiro atoms. The molecule has 3 N–H and O–H groups in total. The van der Waals surface area contributed by atoms with Crippen LogP contribution in [0, 0.1) is 18.8 Å². The first-order valence-electron chi connectivity index (χ1n) is 6.61. The molecular formula is C13H23N3O. The van der Waals surface area contributed by atoms with E-state index in [1.54, 1.807) is 6.33 Å². The zero-order valence-corrected chi connectivity index (χ0v) is 10.6. The van der Waals surface area contributed by atoms with E-state index in [0.29, 0.717) is 18.4 Å². The van der Waals surface area contributed by atoms with Gasteiger partial charge in [0.1, 0.15) is 0 Å². The molecule has 1 aromatic heterocycles. The van der Waals surface area contributed by atoms with Crippen LogP contribution in [0.2, 0.25) is 0 Å². The molecule has 1 fully saturated rings. The minimum absolute atomic E-state index is 0.341. The van der Waals surface area contributed by atoms with Crippen LogP contribution < -0.4 is 5.32 Å². The van der Waals surface area contributed by atoms with Gasteiger partial charge >= 0.3 is 0 Å². The minimum atomic E-state index is 0.341. The van der Waals surface area contributed by atoms with Gasteiger partial charge in [-0.25, -0.2) is 4.98 Å². The van der Waals surface area contributed by atoms with Crippen LogP contribution in [0.3, 0.4) is 0 Å². The third kappa shape index (κ3) is 3.30. The van der Waals surface area contributed by atoms with Crippen LogP contribution in [0.25, 0.3) is 0 Å². The molecule has 4 nitrogen and oxygen atoms in total. The first-order chi connectivity index (χ1) is 8.31. The maximum Gasteiger partial charge on any atom is 0.0925 e. The topological polar surface area (TPSA) is 60.9 Å². The van der Waals surface area contributed by atoms with Gasteiger partial charge in [0.05, 0.1) is 12.0 Å². The van der Waals surface area contributed by atoms with E-state index >= 15 is 0 Å². The summed E-state index contributed by atoms with van der Waals surface area (Å²) in [6, 6.07) is 0. The van der Waals surface area contributed by atoms with Crippen molar-refractivity contribution in [1.29, 1.82) is 0 Å². The Kier molecular flexibility index (Phi) is 4.57. The molecule has 2 rings (SSSR count). The highest BCUT2D eigenvalue weighted by Crippen LogP contribution is 2.29. The second-order valence-corrected chi connectivity index (χ2v) is 5.09. The molecule has 1 saturated carbocycles. The quantitative estimate of drug-likeness (QED) is 0.729. The molecule has 17 heavy (non-hydrogen) atoms. The molecule has 1 heterocycles. The van der Waals surface area contributed by atoms with Gasteiger partial charge in [0, 0.05) is 18.8 Å². The molecule has 4 heteroatoms. The predicted octanol–water partition coefficient (Wildman–Crippen LogP) is 1.61. The number of hydrogen-bond acceptors (Lipinski definition) is 3. The highest BCUT2D eigenvalue weighted by molar-refractivity contribution is 5.07. The number of aromatic nitrogens is 2. The average molecular weight is 237 g/mol. The number of aliphatic hydroxyl groups excluding tert-OH is 1. The summed E-state index contributed by atoms with van der Waals surface area (Å²) in [7, 11) is 0. The highest BCUT2D eigenvalue weighted by atomic mass is 16.3. The Labute approximate surface area is 103 Å². The molecule has 1 aliphatic rings. The molecule has 1 aromatic rings. The summed E-state index contributed by atoms with van der Waals surface area (Å²) in [4.78, 5) is 7.36. The normalized spacial score (nSPS) is 25.1. The van der Waals surface area contributed by atoms with Crippen molar-refractivity contribution in [2.75, 3.05) is 13.2 Å². The van der Waals surface area contributed by atoms with E-state index in [1.807, 2.05) is 6.92 Å². The standard InChI is InChI=1S/C13H23N3O/c1-10-13(16-9-15-10)7-14-6-11-4-2-3-5-12(11)8-17/h9,11-12,14,17H,2-8H2,1H3,(H,15,16). The number of nitrogens with zero attached hydrogens (tertiary/aromatic N) is 1. The predicted molar refractivity (Wildman–Crippen MR) is 67.6 cm³/mol. The number of imidazole rings is 1. The molecule has 1 aliphatic carbocycles. The molecule has 0 aliphatic heterocycles. The lowest BCUT2D eigenvalue weighted by Crippen LogP contribution is -2.32. The summed E-state index contributed by atoms with van der Waals surface area (Å²) in [5, 5.41) is 12.8. The highest BCUT2D eigenvalue weighted by Gasteiger charge is 2.23. The van der Waals surface area contributed by atoms with Crippen molar-refractivity contribution >= 4 is 0 Å². The number of hydrogen-bond donors (Lipinski definition) is 3. The summed E-state index contributed by atoms with van der Waals surface area (Å²) in [5.74, 6) is 1.13. The maximum atomic E-state index is 9.34. The lowest BCUT2D eigenvalue weighted by Gasteiger charge is -2.30. The molecule has 0 radical (unpaired) electrons. The number of rotatable bonds is 5. The second-order valence-electron chi connectivity index (χ2n) is 5.09. The maximum absolute atomic E-state index is 9.34. The Morgan fingerprint density at radius 1 is 1.41 bits per heavy atom. The number of H-pyrrole nitrogens is 1. The number of aliphatic hydroxyl groups is 1. The van der Waals surface area contributed by atoms with Gasteiger partial charge in [0.15, 0.2) is 0 Å². The molecule has 0 saturated heterocycles. The van der Waals surface area contributed by atoms with E-state index in [0.717, 1.165) is 24.5 Å². The van der Waals surface area contributed by atoms with E-state index in [2.05, 4.69) is 15.3 Å². The van der Waals surface area contributed by atoms with Gasteiger partial charge in [-0.1, -0.05) is 12.8 Å². The van der Waals surface area contributed by atoms with Gasteiger partial charge in [-0.2, -0.15) is 0 Å². The first-order valence-corrected chi connectivity index (χ1v) is 6.61. The largest absolute Gasteiger partial charge is 0.396 e. The van der Waals surface area contributed by atoms with Crippen molar-refractivity contribution in [2.45, 2.75) is 39.2 Å². The molecule has 2 atom stereocenters. The van der Waals surface area contributed by atoms with E-state index in [9.17, 15) is 5.11 Å². The van der Waals surface area contributed by atoms with E-state index in [4.69, 9.17) is 0 Å². The van der Waals surface area contributed by atoms with Crippen molar-refractivity contribution < 1.29 is 5.11 Å². The van der Waals surface area contributed by atoms with Crippen molar-refractivity contribution in [3.05, 3.63) is 17.7 Å². The van der Waals surface area contributed by atoms with Crippen LogP contribution in [-0.2, 0) is 6.54 Å². The van der Waals surface area contributed by atoms with Gasteiger partial charge in [-0.3, -0.25) is 0 Å². The second kappa shape index (κ2) is 6.17. The van der Waals surface area contributed by atoms with Gasteiger partial charge in [-0.05, 0) is 38.1 Å². The Morgan fingerprint density at radius 3 is 2.82 bits per heavy atom. The van der Waals surface area contributed by atoms with Crippen LogP contribution in [0.15, 0.2) is 6.33 Å². The monoisotopic (exact) mass is 237 g/mol. The third-order valence-electron chi connectivity index (χ3n) is 3.93. The fraction of sp³-hybridized carbons (Fsp3) is 0.769. The zero-order chi connectivity index (χ0) is 12.1. The number of nitrogens with one attached hydrogen (secondary N) is 2. The zero-order valence-electron chi connectivity index (χ0n) is 10.6. The Balaban J connectivity index is 1.75. The Hall–Kier alpha value is -0.870. The summed E-state index contributed by atoms with van der Waals surface area (Å²) in [6.45, 7) is 4.20. The molecule has 2 unspecified atom stereocenters. The van der Waals surface area contributed by atoms with Crippen molar-refractivity contribution in [2.24, 2.45) is 11.8 Å².